The molecule has 0 aromatic heterocycles. The Morgan fingerprint density at radius 2 is 1.72 bits per heavy atom. The van der Waals surface area contributed by atoms with Gasteiger partial charge in [-0.1, -0.05) is 46.3 Å². The molecule has 3 aromatic carbocycles. The molecule has 0 unspecified atom stereocenters. The maximum atomic E-state index is 13.1. The van der Waals surface area contributed by atoms with Crippen LogP contribution >= 0.6 is 15.9 Å². The molecule has 0 bridgehead atoms. The molecule has 6 heteroatoms. The number of carbonyl (C=O) groups is 2. The van der Waals surface area contributed by atoms with Crippen molar-refractivity contribution in [3.8, 4) is 0 Å². The molecule has 1 heterocycles. The van der Waals surface area contributed by atoms with Crippen LogP contribution in [0.5, 0.6) is 0 Å². The number of nitrogens with zero attached hydrogens (tertiary/aromatic N) is 1. The third-order valence-electron chi connectivity index (χ3n) is 5.97. The van der Waals surface area contributed by atoms with Gasteiger partial charge in [-0.3, -0.25) is 9.59 Å². The number of nitrogens with one attached hydrogen (secondary N) is 2. The van der Waals surface area contributed by atoms with Crippen LogP contribution in [0.4, 0.5) is 11.4 Å². The van der Waals surface area contributed by atoms with Crippen LogP contribution in [0.25, 0.3) is 0 Å². The van der Waals surface area contributed by atoms with Crippen LogP contribution < -0.4 is 15.5 Å². The van der Waals surface area contributed by atoms with Gasteiger partial charge in [0.15, 0.2) is 0 Å². The van der Waals surface area contributed by atoms with E-state index < -0.39 is 0 Å². The van der Waals surface area contributed by atoms with E-state index in [9.17, 15) is 9.59 Å². The Labute approximate surface area is 196 Å². The van der Waals surface area contributed by atoms with Crippen molar-refractivity contribution in [3.63, 3.8) is 0 Å². The van der Waals surface area contributed by atoms with Gasteiger partial charge in [-0.15, -0.1) is 0 Å². The average molecular weight is 490 g/mol. The second-order valence-electron chi connectivity index (χ2n) is 8.38. The number of halogens is 1. The molecule has 1 aliphatic heterocycles. The zero-order valence-electron chi connectivity index (χ0n) is 17.6. The van der Waals surface area contributed by atoms with Crippen molar-refractivity contribution in [1.29, 1.82) is 0 Å². The zero-order valence-corrected chi connectivity index (χ0v) is 19.2. The Balaban J connectivity index is 1.43. The summed E-state index contributed by atoms with van der Waals surface area (Å²) >= 11 is 3.40. The first-order valence-corrected chi connectivity index (χ1v) is 11.7. The molecule has 0 radical (unpaired) electrons. The van der Waals surface area contributed by atoms with Crippen LogP contribution in [-0.2, 0) is 13.0 Å². The van der Waals surface area contributed by atoms with Crippen LogP contribution in [0, 0.1) is 0 Å². The quantitative estimate of drug-likeness (QED) is 0.520. The van der Waals surface area contributed by atoms with Gasteiger partial charge in [-0.2, -0.15) is 0 Å². The van der Waals surface area contributed by atoms with Crippen LogP contribution in [0.1, 0.15) is 44.7 Å². The Bertz CT molecular complexity index is 1190. The molecule has 0 spiro atoms. The SMILES string of the molecule is O=C(Nc1ccc(N2CCc3ccccc3C2)c(C(=O)NC2CC2)c1)c1cccc(Br)c1. The van der Waals surface area contributed by atoms with Gasteiger partial charge >= 0.3 is 0 Å². The summed E-state index contributed by atoms with van der Waals surface area (Å²) in [6.07, 6.45) is 3.00. The molecule has 5 nitrogen and oxygen atoms in total. The minimum atomic E-state index is -0.209. The summed E-state index contributed by atoms with van der Waals surface area (Å²) < 4.78 is 0.843. The standard InChI is InChI=1S/C26H24BrN3O2/c27-20-7-3-6-18(14-20)25(31)29-22-10-11-24(23(15-22)26(32)28-21-8-9-21)30-13-12-17-4-1-2-5-19(17)16-30/h1-7,10-11,14-15,21H,8-9,12-13,16H2,(H,28,32)(H,29,31). The fourth-order valence-corrected chi connectivity index (χ4v) is 4.50. The Kier molecular flexibility index (Phi) is 5.70. The molecule has 162 valence electrons. The lowest BCUT2D eigenvalue weighted by Gasteiger charge is -2.32. The lowest BCUT2D eigenvalue weighted by Crippen LogP contribution is -2.33. The van der Waals surface area contributed by atoms with E-state index in [1.54, 1.807) is 18.2 Å². The topological polar surface area (TPSA) is 61.4 Å². The van der Waals surface area contributed by atoms with Gasteiger partial charge < -0.3 is 15.5 Å². The number of hydrogen-bond acceptors (Lipinski definition) is 3. The Hall–Kier alpha value is -3.12. The summed E-state index contributed by atoms with van der Waals surface area (Å²) in [6.45, 7) is 1.62. The fourth-order valence-electron chi connectivity index (χ4n) is 4.10. The van der Waals surface area contributed by atoms with E-state index in [1.807, 2.05) is 24.3 Å². The maximum absolute atomic E-state index is 13.1. The second-order valence-corrected chi connectivity index (χ2v) is 9.30. The highest BCUT2D eigenvalue weighted by Crippen LogP contribution is 2.31. The smallest absolute Gasteiger partial charge is 0.255 e. The molecule has 3 aromatic rings. The molecule has 0 saturated heterocycles. The van der Waals surface area contributed by atoms with E-state index in [2.05, 4.69) is 55.7 Å². The average Bonchev–Trinajstić information content (AvgIpc) is 3.62. The minimum Gasteiger partial charge on any atom is -0.366 e. The van der Waals surface area contributed by atoms with E-state index in [0.29, 0.717) is 16.8 Å². The van der Waals surface area contributed by atoms with Gasteiger partial charge in [-0.25, -0.2) is 0 Å². The predicted molar refractivity (Wildman–Crippen MR) is 130 cm³/mol. The molecule has 1 fully saturated rings. The molecule has 2 N–H and O–H groups in total. The highest BCUT2D eigenvalue weighted by atomic mass is 79.9. The summed E-state index contributed by atoms with van der Waals surface area (Å²) in [6, 6.07) is 21.6. The summed E-state index contributed by atoms with van der Waals surface area (Å²) in [7, 11) is 0. The van der Waals surface area contributed by atoms with Gasteiger partial charge in [0, 0.05) is 40.5 Å². The van der Waals surface area contributed by atoms with E-state index >= 15 is 0 Å². The van der Waals surface area contributed by atoms with E-state index in [0.717, 1.165) is 42.5 Å². The number of amides is 2. The van der Waals surface area contributed by atoms with Crippen molar-refractivity contribution in [1.82, 2.24) is 5.32 Å². The van der Waals surface area contributed by atoms with Crippen molar-refractivity contribution in [2.24, 2.45) is 0 Å². The van der Waals surface area contributed by atoms with Crippen LogP contribution in [-0.4, -0.2) is 24.4 Å². The van der Waals surface area contributed by atoms with Crippen LogP contribution in [0.3, 0.4) is 0 Å². The van der Waals surface area contributed by atoms with Gasteiger partial charge in [0.05, 0.1) is 5.56 Å². The van der Waals surface area contributed by atoms with Gasteiger partial charge in [0.1, 0.15) is 0 Å². The van der Waals surface area contributed by atoms with Crippen molar-refractivity contribution >= 4 is 39.1 Å². The van der Waals surface area contributed by atoms with E-state index in [4.69, 9.17) is 0 Å². The monoisotopic (exact) mass is 489 g/mol. The fraction of sp³-hybridized carbons (Fsp3) is 0.231. The molecule has 0 atom stereocenters. The van der Waals surface area contributed by atoms with Gasteiger partial charge in [-0.05, 0) is 66.8 Å². The molecule has 2 amide bonds. The first-order valence-electron chi connectivity index (χ1n) is 10.9. The number of anilines is 2. The third-order valence-corrected chi connectivity index (χ3v) is 6.46. The summed E-state index contributed by atoms with van der Waals surface area (Å²) in [5.74, 6) is -0.292. The molecule has 5 rings (SSSR count). The zero-order chi connectivity index (χ0) is 22.1. The van der Waals surface area contributed by atoms with Crippen molar-refractivity contribution in [2.45, 2.75) is 31.8 Å². The Morgan fingerprint density at radius 1 is 0.906 bits per heavy atom. The van der Waals surface area contributed by atoms with Crippen molar-refractivity contribution in [2.75, 3.05) is 16.8 Å². The van der Waals surface area contributed by atoms with Crippen LogP contribution in [0.2, 0.25) is 0 Å². The van der Waals surface area contributed by atoms with Crippen molar-refractivity contribution < 1.29 is 9.59 Å². The maximum Gasteiger partial charge on any atom is 0.255 e. The molecule has 1 aliphatic carbocycles. The predicted octanol–water partition coefficient (Wildman–Crippen LogP) is 5.16. The highest BCUT2D eigenvalue weighted by Gasteiger charge is 2.27. The molecule has 32 heavy (non-hydrogen) atoms. The van der Waals surface area contributed by atoms with E-state index in [-0.39, 0.29) is 17.9 Å². The van der Waals surface area contributed by atoms with Crippen molar-refractivity contribution in [3.05, 3.63) is 93.5 Å². The molecule has 2 aliphatic rings. The number of rotatable bonds is 5. The summed E-state index contributed by atoms with van der Waals surface area (Å²) in [5, 5.41) is 6.04. The normalized spacial score (nSPS) is 15.1. The highest BCUT2D eigenvalue weighted by molar-refractivity contribution is 9.10. The lowest BCUT2D eigenvalue weighted by atomic mass is 9.98. The second kappa shape index (κ2) is 8.79. The molecular weight excluding hydrogens is 466 g/mol. The van der Waals surface area contributed by atoms with Gasteiger partial charge in [0.25, 0.3) is 11.8 Å². The number of benzene rings is 3. The molecule has 1 saturated carbocycles. The number of fused-ring (bicyclic) bond motifs is 1. The van der Waals surface area contributed by atoms with E-state index in [1.165, 1.54) is 11.1 Å². The largest absolute Gasteiger partial charge is 0.366 e. The molecular formula is C26H24BrN3O2. The van der Waals surface area contributed by atoms with Crippen LogP contribution in [0.15, 0.2) is 71.2 Å². The number of hydrogen-bond donors (Lipinski definition) is 2. The van der Waals surface area contributed by atoms with Gasteiger partial charge in [0.2, 0.25) is 0 Å². The first-order chi connectivity index (χ1) is 15.6. The summed E-state index contributed by atoms with van der Waals surface area (Å²) in [4.78, 5) is 28.1. The lowest BCUT2D eigenvalue weighted by molar-refractivity contribution is 0.0950. The first kappa shape index (κ1) is 20.8. The summed E-state index contributed by atoms with van der Waals surface area (Å²) in [5.41, 5.74) is 5.32. The third kappa shape index (κ3) is 4.55. The Morgan fingerprint density at radius 3 is 2.50 bits per heavy atom. The number of carbonyl (C=O) groups excluding carboxylic acids is 2. The minimum absolute atomic E-state index is 0.0834.